The minimum absolute atomic E-state index is 0.174. The Kier molecular flexibility index (Phi) is 6.14. The molecule has 0 aromatic carbocycles. The lowest BCUT2D eigenvalue weighted by molar-refractivity contribution is -0.119. The normalized spacial score (nSPS) is 20.0. The first-order chi connectivity index (χ1) is 7.74. The summed E-state index contributed by atoms with van der Waals surface area (Å²) in [5.74, 6) is 0.506. The number of rotatable bonds is 6. The highest BCUT2D eigenvalue weighted by Crippen LogP contribution is 2.22. The Morgan fingerprint density at radius 2 is 2.25 bits per heavy atom. The summed E-state index contributed by atoms with van der Waals surface area (Å²) < 4.78 is 0. The predicted molar refractivity (Wildman–Crippen MR) is 69.4 cm³/mol. The molecule has 0 radical (unpaired) electrons. The molecule has 0 aromatic heterocycles. The zero-order valence-electron chi connectivity index (χ0n) is 10.7. The monoisotopic (exact) mass is 220 g/mol. The Hall–Kier alpha value is -0.850. The largest absolute Gasteiger partial charge is 0.299 e. The van der Waals surface area contributed by atoms with E-state index in [1.807, 2.05) is 0 Å². The van der Waals surface area contributed by atoms with Gasteiger partial charge in [-0.05, 0) is 32.6 Å². The van der Waals surface area contributed by atoms with E-state index >= 15 is 0 Å². The molecule has 0 amide bonds. The van der Waals surface area contributed by atoms with Crippen LogP contribution in [0.3, 0.4) is 0 Å². The molecule has 1 heteroatoms. The zero-order chi connectivity index (χ0) is 11.8. The van der Waals surface area contributed by atoms with Crippen LogP contribution in [0.2, 0.25) is 0 Å². The lowest BCUT2D eigenvalue weighted by Crippen LogP contribution is -2.09. The van der Waals surface area contributed by atoms with Crippen LogP contribution in [0.15, 0.2) is 23.8 Å². The molecule has 0 spiro atoms. The highest BCUT2D eigenvalue weighted by molar-refractivity contribution is 5.80. The van der Waals surface area contributed by atoms with Gasteiger partial charge >= 0.3 is 0 Å². The molecule has 1 aliphatic carbocycles. The van der Waals surface area contributed by atoms with Gasteiger partial charge < -0.3 is 0 Å². The molecular weight excluding hydrogens is 196 g/mol. The van der Waals surface area contributed by atoms with Crippen LogP contribution in [-0.2, 0) is 4.79 Å². The molecule has 1 aliphatic rings. The van der Waals surface area contributed by atoms with Crippen molar-refractivity contribution in [2.45, 2.75) is 58.8 Å². The number of ketones is 1. The Morgan fingerprint density at radius 3 is 2.81 bits per heavy atom. The molecule has 0 saturated carbocycles. The number of allylic oxidation sites excluding steroid dienone is 4. The fraction of sp³-hybridized carbons (Fsp3) is 0.667. The first kappa shape index (κ1) is 13.2. The summed E-state index contributed by atoms with van der Waals surface area (Å²) in [6.45, 7) is 3.93. The van der Waals surface area contributed by atoms with Gasteiger partial charge in [-0.15, -0.1) is 0 Å². The van der Waals surface area contributed by atoms with E-state index in [-0.39, 0.29) is 5.92 Å². The van der Waals surface area contributed by atoms with Gasteiger partial charge in [0.1, 0.15) is 5.78 Å². The van der Waals surface area contributed by atoms with Gasteiger partial charge in [-0.1, -0.05) is 50.0 Å². The Balaban J connectivity index is 2.49. The van der Waals surface area contributed by atoms with E-state index in [0.29, 0.717) is 5.78 Å². The van der Waals surface area contributed by atoms with Gasteiger partial charge in [0, 0.05) is 5.92 Å². The maximum atomic E-state index is 11.5. The number of Topliss-reactive ketones (excluding diaryl/α,β-unsaturated/α-hetero) is 1. The van der Waals surface area contributed by atoms with E-state index < -0.39 is 0 Å². The maximum Gasteiger partial charge on any atom is 0.136 e. The Bertz CT molecular complexity index is 273. The first-order valence-corrected chi connectivity index (χ1v) is 6.59. The smallest absolute Gasteiger partial charge is 0.136 e. The van der Waals surface area contributed by atoms with Crippen molar-refractivity contribution in [3.05, 3.63) is 23.8 Å². The number of unbranched alkanes of at least 4 members (excludes halogenated alkanes) is 2. The number of hydrogen-bond donors (Lipinski definition) is 0. The molecule has 0 heterocycles. The molecule has 0 aliphatic heterocycles. The van der Waals surface area contributed by atoms with Crippen molar-refractivity contribution in [1.82, 2.24) is 0 Å². The van der Waals surface area contributed by atoms with Gasteiger partial charge in [-0.2, -0.15) is 0 Å². The summed E-state index contributed by atoms with van der Waals surface area (Å²) >= 11 is 0. The summed E-state index contributed by atoms with van der Waals surface area (Å²) in [6, 6.07) is 0. The molecule has 0 fully saturated rings. The third kappa shape index (κ3) is 4.78. The Labute approximate surface area is 99.6 Å². The van der Waals surface area contributed by atoms with Crippen LogP contribution in [0.4, 0.5) is 0 Å². The van der Waals surface area contributed by atoms with Crippen LogP contribution in [0.1, 0.15) is 58.8 Å². The van der Waals surface area contributed by atoms with Gasteiger partial charge in [-0.25, -0.2) is 0 Å². The van der Waals surface area contributed by atoms with E-state index in [4.69, 9.17) is 0 Å². The average molecular weight is 220 g/mol. The zero-order valence-corrected chi connectivity index (χ0v) is 10.7. The van der Waals surface area contributed by atoms with E-state index in [1.165, 1.54) is 24.8 Å². The highest BCUT2D eigenvalue weighted by Gasteiger charge is 2.12. The summed E-state index contributed by atoms with van der Waals surface area (Å²) in [5, 5.41) is 0. The van der Waals surface area contributed by atoms with Crippen molar-refractivity contribution in [3.63, 3.8) is 0 Å². The summed E-state index contributed by atoms with van der Waals surface area (Å²) in [6.07, 6.45) is 14.7. The molecule has 1 rings (SSSR count). The van der Waals surface area contributed by atoms with Crippen LogP contribution in [-0.4, -0.2) is 5.78 Å². The molecule has 1 atom stereocenters. The summed E-state index contributed by atoms with van der Waals surface area (Å²) in [4.78, 5) is 11.5. The van der Waals surface area contributed by atoms with Crippen molar-refractivity contribution < 1.29 is 4.79 Å². The molecule has 0 bridgehead atoms. The van der Waals surface area contributed by atoms with E-state index in [9.17, 15) is 4.79 Å². The maximum absolute atomic E-state index is 11.5. The van der Waals surface area contributed by atoms with E-state index in [1.54, 1.807) is 6.92 Å². The first-order valence-electron chi connectivity index (χ1n) is 6.59. The molecule has 1 unspecified atom stereocenters. The van der Waals surface area contributed by atoms with Crippen molar-refractivity contribution in [2.75, 3.05) is 0 Å². The standard InChI is InChI=1S/C15H24O/c1-3-4-6-11-15(13(2)16)12-14-9-7-5-8-10-14/h5,7,12,15H,3-4,6,8-11H2,1-2H3. The second-order valence-electron chi connectivity index (χ2n) is 4.75. The van der Waals surface area contributed by atoms with E-state index in [2.05, 4.69) is 25.2 Å². The summed E-state index contributed by atoms with van der Waals surface area (Å²) in [7, 11) is 0. The lowest BCUT2D eigenvalue weighted by atomic mass is 9.91. The van der Waals surface area contributed by atoms with Crippen LogP contribution in [0.5, 0.6) is 0 Å². The van der Waals surface area contributed by atoms with Crippen LogP contribution in [0, 0.1) is 5.92 Å². The van der Waals surface area contributed by atoms with Crippen LogP contribution in [0.25, 0.3) is 0 Å². The van der Waals surface area contributed by atoms with Gasteiger partial charge in [-0.3, -0.25) is 4.79 Å². The van der Waals surface area contributed by atoms with Crippen LogP contribution >= 0.6 is 0 Å². The third-order valence-electron chi connectivity index (χ3n) is 3.26. The summed E-state index contributed by atoms with van der Waals surface area (Å²) in [5.41, 5.74) is 1.46. The molecular formula is C15H24O. The fourth-order valence-electron chi connectivity index (χ4n) is 2.18. The number of carbonyl (C=O) groups excluding carboxylic acids is 1. The highest BCUT2D eigenvalue weighted by atomic mass is 16.1. The van der Waals surface area contributed by atoms with Gasteiger partial charge in [0.05, 0.1) is 0 Å². The van der Waals surface area contributed by atoms with E-state index in [0.717, 1.165) is 25.7 Å². The van der Waals surface area contributed by atoms with Gasteiger partial charge in [0.15, 0.2) is 0 Å². The van der Waals surface area contributed by atoms with Crippen molar-refractivity contribution in [1.29, 1.82) is 0 Å². The lowest BCUT2D eigenvalue weighted by Gasteiger charge is -2.14. The third-order valence-corrected chi connectivity index (χ3v) is 3.26. The second-order valence-corrected chi connectivity index (χ2v) is 4.75. The molecule has 1 nitrogen and oxygen atoms in total. The number of hydrogen-bond acceptors (Lipinski definition) is 1. The second kappa shape index (κ2) is 7.43. The quantitative estimate of drug-likeness (QED) is 0.478. The minimum atomic E-state index is 0.174. The van der Waals surface area contributed by atoms with Crippen molar-refractivity contribution in [2.24, 2.45) is 5.92 Å². The SMILES string of the molecule is CCCCCC(C=C1CC=CCC1)C(C)=O. The van der Waals surface area contributed by atoms with Crippen LogP contribution < -0.4 is 0 Å². The number of carbonyl (C=O) groups is 1. The fourth-order valence-corrected chi connectivity index (χ4v) is 2.18. The van der Waals surface area contributed by atoms with Crippen molar-refractivity contribution >= 4 is 5.78 Å². The Morgan fingerprint density at radius 1 is 1.44 bits per heavy atom. The van der Waals surface area contributed by atoms with Crippen molar-refractivity contribution in [3.8, 4) is 0 Å². The average Bonchev–Trinajstić information content (AvgIpc) is 2.29. The molecule has 0 saturated heterocycles. The predicted octanol–water partition coefficient (Wildman–Crippen LogP) is 4.44. The topological polar surface area (TPSA) is 17.1 Å². The molecule has 0 aromatic rings. The molecule has 90 valence electrons. The van der Waals surface area contributed by atoms with Gasteiger partial charge in [0.2, 0.25) is 0 Å². The molecule has 16 heavy (non-hydrogen) atoms. The minimum Gasteiger partial charge on any atom is -0.299 e. The van der Waals surface area contributed by atoms with Gasteiger partial charge in [0.25, 0.3) is 0 Å². The molecule has 0 N–H and O–H groups in total.